The maximum Gasteiger partial charge on any atom is 0.131 e. The van der Waals surface area contributed by atoms with E-state index in [9.17, 15) is 4.21 Å². The second-order valence-corrected chi connectivity index (χ2v) is 7.27. The topological polar surface area (TPSA) is 26.3 Å². The number of para-hydroxylation sites is 2. The van der Waals surface area contributed by atoms with Crippen LogP contribution in [0.4, 0.5) is 0 Å². The minimum absolute atomic E-state index is 0.450. The summed E-state index contributed by atoms with van der Waals surface area (Å²) in [5.41, 5.74) is 1.95. The second-order valence-electron chi connectivity index (χ2n) is 5.38. The molecule has 3 aromatic rings. The quantitative estimate of drug-likeness (QED) is 0.576. The zero-order chi connectivity index (χ0) is 16.8. The first-order valence-corrected chi connectivity index (χ1v) is 9.47. The lowest BCUT2D eigenvalue weighted by atomic mass is 10.2. The smallest absolute Gasteiger partial charge is 0.131 e. The molecule has 4 heteroatoms. The lowest BCUT2D eigenvalue weighted by Crippen LogP contribution is -2.01. The molecule has 0 fully saturated rings. The molecule has 0 aliphatic heterocycles. The molecule has 122 valence electrons. The summed E-state index contributed by atoms with van der Waals surface area (Å²) >= 11 is 5.88. The number of hydrogen-bond donors (Lipinski definition) is 0. The van der Waals surface area contributed by atoms with E-state index in [1.54, 1.807) is 0 Å². The summed E-state index contributed by atoms with van der Waals surface area (Å²) in [5, 5.41) is 0.686. The molecule has 0 saturated heterocycles. The van der Waals surface area contributed by atoms with Crippen molar-refractivity contribution in [3.8, 4) is 11.5 Å². The predicted octanol–water partition coefficient (Wildman–Crippen LogP) is 5.58. The third kappa shape index (κ3) is 4.70. The fourth-order valence-corrected chi connectivity index (χ4v) is 3.71. The van der Waals surface area contributed by atoms with Crippen molar-refractivity contribution >= 4 is 22.4 Å². The van der Waals surface area contributed by atoms with Crippen molar-refractivity contribution in [2.45, 2.75) is 11.5 Å². The number of rotatable bonds is 6. The Labute approximate surface area is 149 Å². The average molecular weight is 357 g/mol. The van der Waals surface area contributed by atoms with Crippen molar-refractivity contribution < 1.29 is 8.95 Å². The maximum atomic E-state index is 12.5. The van der Waals surface area contributed by atoms with E-state index in [-0.39, 0.29) is 0 Å². The molecule has 0 amide bonds. The molecular weight excluding hydrogens is 340 g/mol. The first kappa shape index (κ1) is 16.7. The van der Waals surface area contributed by atoms with Crippen LogP contribution < -0.4 is 4.74 Å². The van der Waals surface area contributed by atoms with Crippen molar-refractivity contribution in [3.05, 3.63) is 95.0 Å². The van der Waals surface area contributed by atoms with Crippen LogP contribution in [0.25, 0.3) is 0 Å². The van der Waals surface area contributed by atoms with Crippen molar-refractivity contribution in [2.24, 2.45) is 0 Å². The SMILES string of the molecule is O=S(Cc1ccc(Cl)cc1)Cc1ccccc1Oc1ccccc1. The van der Waals surface area contributed by atoms with E-state index < -0.39 is 10.8 Å². The Bertz CT molecular complexity index is 817. The van der Waals surface area contributed by atoms with Gasteiger partial charge >= 0.3 is 0 Å². The van der Waals surface area contributed by atoms with Gasteiger partial charge in [0.05, 0.1) is 5.75 Å². The molecule has 3 rings (SSSR count). The average Bonchev–Trinajstić information content (AvgIpc) is 2.60. The molecule has 2 nitrogen and oxygen atoms in total. The van der Waals surface area contributed by atoms with Gasteiger partial charge in [-0.05, 0) is 35.9 Å². The first-order valence-electron chi connectivity index (χ1n) is 7.61. The molecule has 3 aromatic carbocycles. The highest BCUT2D eigenvalue weighted by atomic mass is 35.5. The molecule has 0 radical (unpaired) electrons. The second kappa shape index (κ2) is 8.13. The highest BCUT2D eigenvalue weighted by Gasteiger charge is 2.09. The van der Waals surface area contributed by atoms with E-state index in [4.69, 9.17) is 16.3 Å². The molecule has 0 aliphatic carbocycles. The summed E-state index contributed by atoms with van der Waals surface area (Å²) in [6, 6.07) is 24.8. The van der Waals surface area contributed by atoms with E-state index in [0.29, 0.717) is 16.5 Å². The van der Waals surface area contributed by atoms with Crippen LogP contribution in [-0.4, -0.2) is 4.21 Å². The van der Waals surface area contributed by atoms with Gasteiger partial charge in [0.25, 0.3) is 0 Å². The third-order valence-corrected chi connectivity index (χ3v) is 5.04. The zero-order valence-corrected chi connectivity index (χ0v) is 14.6. The van der Waals surface area contributed by atoms with Gasteiger partial charge in [0.2, 0.25) is 0 Å². The third-order valence-electron chi connectivity index (χ3n) is 3.50. The summed E-state index contributed by atoms with van der Waals surface area (Å²) in [7, 11) is -1.02. The molecular formula is C20H17ClO2S. The lowest BCUT2D eigenvalue weighted by molar-refractivity contribution is 0.478. The summed E-state index contributed by atoms with van der Waals surface area (Å²) in [5.74, 6) is 2.46. The Kier molecular flexibility index (Phi) is 5.68. The molecule has 0 N–H and O–H groups in total. The van der Waals surface area contributed by atoms with Gasteiger partial charge in [-0.15, -0.1) is 0 Å². The van der Waals surface area contributed by atoms with Gasteiger partial charge in [-0.25, -0.2) is 0 Å². The standard InChI is InChI=1S/C20H17ClO2S/c21-18-12-10-16(11-13-18)14-24(22)15-17-6-4-5-9-20(17)23-19-7-2-1-3-8-19/h1-13H,14-15H2. The predicted molar refractivity (Wildman–Crippen MR) is 100.0 cm³/mol. The van der Waals surface area contributed by atoms with Crippen LogP contribution >= 0.6 is 11.6 Å². The molecule has 1 unspecified atom stereocenters. The van der Waals surface area contributed by atoms with E-state index >= 15 is 0 Å². The summed E-state index contributed by atoms with van der Waals surface area (Å²) < 4.78 is 18.4. The van der Waals surface area contributed by atoms with Crippen LogP contribution in [0.2, 0.25) is 5.02 Å². The Morgan fingerprint density at radius 1 is 0.792 bits per heavy atom. The highest BCUT2D eigenvalue weighted by molar-refractivity contribution is 7.83. The van der Waals surface area contributed by atoms with Crippen LogP contribution in [0.3, 0.4) is 0 Å². The monoisotopic (exact) mass is 356 g/mol. The summed E-state index contributed by atoms with van der Waals surface area (Å²) in [6.07, 6.45) is 0. The maximum absolute atomic E-state index is 12.5. The molecule has 0 bridgehead atoms. The Morgan fingerprint density at radius 2 is 1.46 bits per heavy atom. The van der Waals surface area contributed by atoms with Crippen LogP contribution in [0.5, 0.6) is 11.5 Å². The number of hydrogen-bond acceptors (Lipinski definition) is 2. The zero-order valence-electron chi connectivity index (χ0n) is 13.0. The van der Waals surface area contributed by atoms with Crippen LogP contribution in [0.1, 0.15) is 11.1 Å². The van der Waals surface area contributed by atoms with E-state index in [1.807, 2.05) is 78.9 Å². The van der Waals surface area contributed by atoms with Crippen molar-refractivity contribution in [2.75, 3.05) is 0 Å². The number of ether oxygens (including phenoxy) is 1. The molecule has 24 heavy (non-hydrogen) atoms. The van der Waals surface area contributed by atoms with Crippen LogP contribution in [0, 0.1) is 0 Å². The van der Waals surface area contributed by atoms with Gasteiger partial charge in [0.15, 0.2) is 0 Å². The van der Waals surface area contributed by atoms with E-state index in [0.717, 1.165) is 22.6 Å². The number of benzene rings is 3. The van der Waals surface area contributed by atoms with Gasteiger partial charge in [0, 0.05) is 27.1 Å². The van der Waals surface area contributed by atoms with Crippen molar-refractivity contribution in [1.29, 1.82) is 0 Å². The largest absolute Gasteiger partial charge is 0.457 e. The molecule has 0 heterocycles. The number of halogens is 1. The highest BCUT2D eigenvalue weighted by Crippen LogP contribution is 2.26. The Balaban J connectivity index is 1.70. The lowest BCUT2D eigenvalue weighted by Gasteiger charge is -2.11. The minimum atomic E-state index is -1.02. The van der Waals surface area contributed by atoms with Crippen LogP contribution in [-0.2, 0) is 22.3 Å². The summed E-state index contributed by atoms with van der Waals surface area (Å²) in [6.45, 7) is 0. The molecule has 0 spiro atoms. The fourth-order valence-electron chi connectivity index (χ4n) is 2.33. The van der Waals surface area contributed by atoms with Crippen molar-refractivity contribution in [1.82, 2.24) is 0 Å². The van der Waals surface area contributed by atoms with E-state index in [2.05, 4.69) is 0 Å². The molecule has 0 aliphatic rings. The van der Waals surface area contributed by atoms with Gasteiger partial charge in [-0.3, -0.25) is 4.21 Å². The Morgan fingerprint density at radius 3 is 2.21 bits per heavy atom. The summed E-state index contributed by atoms with van der Waals surface area (Å²) in [4.78, 5) is 0. The molecule has 0 saturated carbocycles. The molecule has 0 aromatic heterocycles. The first-order chi connectivity index (χ1) is 11.7. The van der Waals surface area contributed by atoms with Gasteiger partial charge in [-0.1, -0.05) is 60.1 Å². The van der Waals surface area contributed by atoms with Crippen LogP contribution in [0.15, 0.2) is 78.9 Å². The fraction of sp³-hybridized carbons (Fsp3) is 0.100. The Hall–Kier alpha value is -2.10. The minimum Gasteiger partial charge on any atom is -0.457 e. The normalized spacial score (nSPS) is 11.9. The van der Waals surface area contributed by atoms with Gasteiger partial charge in [-0.2, -0.15) is 0 Å². The van der Waals surface area contributed by atoms with E-state index in [1.165, 1.54) is 0 Å². The van der Waals surface area contributed by atoms with Crippen molar-refractivity contribution in [3.63, 3.8) is 0 Å². The molecule has 1 atom stereocenters. The van der Waals surface area contributed by atoms with Gasteiger partial charge < -0.3 is 4.74 Å². The van der Waals surface area contributed by atoms with Gasteiger partial charge in [0.1, 0.15) is 11.5 Å².